The van der Waals surface area contributed by atoms with Crippen LogP contribution >= 0.6 is 11.6 Å². The van der Waals surface area contributed by atoms with E-state index in [0.29, 0.717) is 0 Å². The fraction of sp³-hybridized carbons (Fsp3) is 0.750. The number of halogens is 1. The minimum atomic E-state index is 1.22. The van der Waals surface area contributed by atoms with Crippen molar-refractivity contribution < 1.29 is 0 Å². The minimum absolute atomic E-state index is 1.22. The van der Waals surface area contributed by atoms with Gasteiger partial charge >= 0.3 is 0 Å². The second-order valence-electron chi connectivity index (χ2n) is 2.28. The summed E-state index contributed by atoms with van der Waals surface area (Å²) in [6.07, 6.45) is 9.00. The molecule has 9 heavy (non-hydrogen) atoms. The first-order chi connectivity index (χ1) is 4.41. The zero-order valence-corrected chi connectivity index (χ0v) is 6.66. The van der Waals surface area contributed by atoms with Crippen molar-refractivity contribution in [2.75, 3.05) is 0 Å². The van der Waals surface area contributed by atoms with Gasteiger partial charge in [0.25, 0.3) is 0 Å². The molecule has 0 spiro atoms. The van der Waals surface area contributed by atoms with Gasteiger partial charge in [-0.1, -0.05) is 56.7 Å². The fourth-order valence-electron chi connectivity index (χ4n) is 1.06. The highest BCUT2D eigenvalue weighted by molar-refractivity contribution is 6.25. The maximum absolute atomic E-state index is 4.76. The topological polar surface area (TPSA) is 0 Å². The van der Waals surface area contributed by atoms with Crippen LogP contribution in [0.5, 0.6) is 0 Å². The zero-order chi connectivity index (χ0) is 6.95. The van der Waals surface area contributed by atoms with Crippen molar-refractivity contribution in [3.8, 4) is 0 Å². The monoisotopic (exact) mass is 146 g/mol. The van der Waals surface area contributed by atoms with Crippen LogP contribution in [-0.2, 0) is 0 Å². The first-order valence-corrected chi connectivity index (χ1v) is 4.06. The molecule has 1 saturated carbocycles. The highest BCUT2D eigenvalue weighted by Crippen LogP contribution is 2.15. The Kier molecular flexibility index (Phi) is 8.06. The van der Waals surface area contributed by atoms with Gasteiger partial charge in [0, 0.05) is 0 Å². The largest absolute Gasteiger partial charge is 0.0936 e. The molecule has 0 saturated heterocycles. The summed E-state index contributed by atoms with van der Waals surface area (Å²) in [6, 6.07) is 0. The summed E-state index contributed by atoms with van der Waals surface area (Å²) in [5.41, 5.74) is 1.22. The fourth-order valence-corrected chi connectivity index (χ4v) is 1.06. The van der Waals surface area contributed by atoms with E-state index in [0.717, 1.165) is 0 Å². The molecule has 0 radical (unpaired) electrons. The predicted octanol–water partition coefficient (Wildman–Crippen LogP) is 3.71. The molecular formula is C8H15Cl. The van der Waals surface area contributed by atoms with E-state index in [1.165, 1.54) is 44.1 Å². The lowest BCUT2D eigenvalue weighted by molar-refractivity contribution is 0.504. The van der Waals surface area contributed by atoms with Gasteiger partial charge in [0.05, 0.1) is 0 Å². The Labute approximate surface area is 62.9 Å². The molecule has 0 heterocycles. The van der Waals surface area contributed by atoms with E-state index in [4.69, 9.17) is 11.6 Å². The van der Waals surface area contributed by atoms with Crippen molar-refractivity contribution >= 4 is 11.6 Å². The molecule has 0 aromatic rings. The highest BCUT2D eigenvalue weighted by Gasteiger charge is 1.95. The van der Waals surface area contributed by atoms with Gasteiger partial charge in [0.2, 0.25) is 0 Å². The molecule has 0 N–H and O–H groups in total. The van der Waals surface area contributed by atoms with Crippen LogP contribution in [0, 0.1) is 0 Å². The molecule has 1 heteroatoms. The first-order valence-electron chi connectivity index (χ1n) is 3.63. The summed E-state index contributed by atoms with van der Waals surface area (Å²) in [4.78, 5) is 0. The third-order valence-corrected chi connectivity index (χ3v) is 1.50. The molecule has 0 atom stereocenters. The van der Waals surface area contributed by atoms with Gasteiger partial charge in [-0.25, -0.2) is 0 Å². The Morgan fingerprint density at radius 2 is 1.00 bits per heavy atom. The third-order valence-electron chi connectivity index (χ3n) is 1.50. The van der Waals surface area contributed by atoms with Gasteiger partial charge in [0.1, 0.15) is 0 Å². The SMILES string of the molecule is C1CCCCC1.C=CCl. The van der Waals surface area contributed by atoms with Gasteiger partial charge in [-0.3, -0.25) is 0 Å². The Morgan fingerprint density at radius 3 is 1.11 bits per heavy atom. The summed E-state index contributed by atoms with van der Waals surface area (Å²) in [7, 11) is 0. The minimum Gasteiger partial charge on any atom is -0.0936 e. The molecule has 0 aromatic carbocycles. The summed E-state index contributed by atoms with van der Waals surface area (Å²) in [5.74, 6) is 0. The number of hydrogen-bond donors (Lipinski definition) is 0. The maximum Gasteiger partial charge on any atom is -0.00296 e. The van der Waals surface area contributed by atoms with Crippen molar-refractivity contribution in [2.45, 2.75) is 38.5 Å². The molecule has 1 aliphatic rings. The van der Waals surface area contributed by atoms with Crippen LogP contribution in [0.25, 0.3) is 0 Å². The molecule has 1 aliphatic carbocycles. The van der Waals surface area contributed by atoms with Gasteiger partial charge in [-0.2, -0.15) is 0 Å². The van der Waals surface area contributed by atoms with Gasteiger partial charge in [-0.15, -0.1) is 0 Å². The van der Waals surface area contributed by atoms with Crippen LogP contribution in [0.2, 0.25) is 0 Å². The Bertz CT molecular complexity index is 44.1. The molecule has 0 aliphatic heterocycles. The highest BCUT2D eigenvalue weighted by atomic mass is 35.5. The maximum atomic E-state index is 4.76. The lowest BCUT2D eigenvalue weighted by Gasteiger charge is -2.05. The van der Waals surface area contributed by atoms with Crippen molar-refractivity contribution in [1.29, 1.82) is 0 Å². The second kappa shape index (κ2) is 8.03. The predicted molar refractivity (Wildman–Crippen MR) is 43.8 cm³/mol. The Hall–Kier alpha value is 0.0300. The van der Waals surface area contributed by atoms with E-state index in [2.05, 4.69) is 6.58 Å². The zero-order valence-electron chi connectivity index (χ0n) is 5.91. The lowest BCUT2D eigenvalue weighted by Crippen LogP contribution is -1.85. The van der Waals surface area contributed by atoms with Gasteiger partial charge in [0.15, 0.2) is 0 Å². The summed E-state index contributed by atoms with van der Waals surface area (Å²) >= 11 is 4.76. The van der Waals surface area contributed by atoms with E-state index >= 15 is 0 Å². The van der Waals surface area contributed by atoms with Gasteiger partial charge < -0.3 is 0 Å². The average molecular weight is 147 g/mol. The quantitative estimate of drug-likeness (QED) is 0.489. The number of rotatable bonds is 0. The molecule has 1 rings (SSSR count). The molecular weight excluding hydrogens is 132 g/mol. The lowest BCUT2D eigenvalue weighted by atomic mass is 10.0. The molecule has 0 bridgehead atoms. The first kappa shape index (κ1) is 9.03. The van der Waals surface area contributed by atoms with Crippen molar-refractivity contribution in [3.05, 3.63) is 12.1 Å². The summed E-state index contributed by atoms with van der Waals surface area (Å²) in [6.45, 7) is 3.13. The third kappa shape index (κ3) is 8.03. The molecule has 1 fully saturated rings. The number of hydrogen-bond acceptors (Lipinski definition) is 0. The van der Waals surface area contributed by atoms with E-state index in [9.17, 15) is 0 Å². The summed E-state index contributed by atoms with van der Waals surface area (Å²) in [5, 5.41) is 0. The second-order valence-corrected chi connectivity index (χ2v) is 2.58. The van der Waals surface area contributed by atoms with Crippen LogP contribution in [0.15, 0.2) is 12.1 Å². The van der Waals surface area contributed by atoms with Crippen LogP contribution in [0.1, 0.15) is 38.5 Å². The normalized spacial score (nSPS) is 17.4. The molecule has 54 valence electrons. The van der Waals surface area contributed by atoms with Crippen LogP contribution in [0.3, 0.4) is 0 Å². The van der Waals surface area contributed by atoms with Gasteiger partial charge in [-0.05, 0) is 5.54 Å². The van der Waals surface area contributed by atoms with Crippen molar-refractivity contribution in [2.24, 2.45) is 0 Å². The van der Waals surface area contributed by atoms with E-state index in [1.807, 2.05) is 0 Å². The average Bonchev–Trinajstić information content (AvgIpc) is 1.93. The van der Waals surface area contributed by atoms with Crippen molar-refractivity contribution in [1.82, 2.24) is 0 Å². The molecule has 0 aromatic heterocycles. The van der Waals surface area contributed by atoms with E-state index in [1.54, 1.807) is 0 Å². The molecule has 0 nitrogen and oxygen atoms in total. The van der Waals surface area contributed by atoms with Crippen LogP contribution in [0.4, 0.5) is 0 Å². The Morgan fingerprint density at radius 1 is 0.889 bits per heavy atom. The standard InChI is InChI=1S/C6H12.C2H3Cl/c1-2-4-6-5-3-1;1-2-3/h1-6H2;2H,1H2. The smallest absolute Gasteiger partial charge is 0.00296 e. The summed E-state index contributed by atoms with van der Waals surface area (Å²) < 4.78 is 0. The molecule has 0 amide bonds. The van der Waals surface area contributed by atoms with Crippen LogP contribution in [-0.4, -0.2) is 0 Å². The van der Waals surface area contributed by atoms with Crippen LogP contribution < -0.4 is 0 Å². The molecule has 0 unspecified atom stereocenters. The van der Waals surface area contributed by atoms with E-state index in [-0.39, 0.29) is 0 Å². The van der Waals surface area contributed by atoms with Crippen molar-refractivity contribution in [3.63, 3.8) is 0 Å². The van der Waals surface area contributed by atoms with E-state index < -0.39 is 0 Å². The Balaban J connectivity index is 0.000000187.